The summed E-state index contributed by atoms with van der Waals surface area (Å²) in [6.07, 6.45) is 0. The molecule has 4 N–H and O–H groups in total. The first-order chi connectivity index (χ1) is 13.5. The molecule has 2 amide bonds. The molecule has 3 rings (SSSR count). The molecule has 4 atom stereocenters. The molecule has 2 saturated heterocycles. The lowest BCUT2D eigenvalue weighted by molar-refractivity contribution is -0.180. The number of hydrogen-bond acceptors (Lipinski definition) is 7. The number of carbonyl (C=O) groups excluding carboxylic acids is 3. The molecule has 156 valence electrons. The molecule has 11 heteroatoms. The first-order valence-electron chi connectivity index (χ1n) is 8.62. The van der Waals surface area contributed by atoms with Gasteiger partial charge in [0.2, 0.25) is 11.4 Å². The van der Waals surface area contributed by atoms with Crippen LogP contribution in [0.3, 0.4) is 0 Å². The Hall–Kier alpha value is -2.30. The number of nitrogens with zero attached hydrogens (tertiary/aromatic N) is 1. The number of carboxylic acids is 1. The molecule has 2 heterocycles. The van der Waals surface area contributed by atoms with Crippen molar-refractivity contribution in [3.05, 3.63) is 34.9 Å². The average Bonchev–Trinajstić information content (AvgIpc) is 2.94. The van der Waals surface area contributed by atoms with Crippen LogP contribution in [-0.2, 0) is 23.9 Å². The summed E-state index contributed by atoms with van der Waals surface area (Å²) in [5.41, 5.74) is 4.38. The number of aliphatic carboxylic acids is 1. The molecule has 0 saturated carbocycles. The number of β-lactam (4-membered cyclic amide) rings is 1. The number of hydrogen-bond donors (Lipinski definition) is 3. The van der Waals surface area contributed by atoms with E-state index in [1.807, 2.05) is 0 Å². The Morgan fingerprint density at radius 2 is 1.90 bits per heavy atom. The van der Waals surface area contributed by atoms with E-state index in [0.29, 0.717) is 10.6 Å². The molecule has 0 aromatic heterocycles. The van der Waals surface area contributed by atoms with Crippen molar-refractivity contribution in [2.75, 3.05) is 7.11 Å². The van der Waals surface area contributed by atoms with Gasteiger partial charge < -0.3 is 25.8 Å². The monoisotopic (exact) mass is 441 g/mol. The number of carbonyl (C=O) groups is 4. The number of benzene rings is 1. The number of fused-ring (bicyclic) bond motifs is 1. The number of nitrogens with one attached hydrogen (secondary N) is 1. The minimum absolute atomic E-state index is 0.429. The van der Waals surface area contributed by atoms with E-state index in [0.717, 1.165) is 23.8 Å². The Bertz CT molecular complexity index is 892. The third-order valence-electron chi connectivity index (χ3n) is 5.12. The zero-order valence-corrected chi connectivity index (χ0v) is 17.4. The van der Waals surface area contributed by atoms with Gasteiger partial charge in [0.1, 0.15) is 17.5 Å². The van der Waals surface area contributed by atoms with Crippen LogP contribution in [0.15, 0.2) is 24.3 Å². The molecule has 29 heavy (non-hydrogen) atoms. The van der Waals surface area contributed by atoms with E-state index >= 15 is 0 Å². The fraction of sp³-hybridized carbons (Fsp3) is 0.444. The van der Waals surface area contributed by atoms with E-state index in [1.165, 1.54) is 0 Å². The molecule has 2 aliphatic rings. The van der Waals surface area contributed by atoms with Gasteiger partial charge in [-0.25, -0.2) is 9.59 Å². The number of amides is 2. The van der Waals surface area contributed by atoms with Crippen molar-refractivity contribution in [2.45, 2.75) is 41.6 Å². The van der Waals surface area contributed by atoms with Gasteiger partial charge in [0.05, 0.1) is 7.11 Å². The molecule has 0 spiro atoms. The fourth-order valence-corrected chi connectivity index (χ4v) is 5.48. The highest BCUT2D eigenvalue weighted by atomic mass is 35.5. The molecule has 1 aromatic rings. The first kappa shape index (κ1) is 21.4. The first-order valence-corrected chi connectivity index (χ1v) is 9.88. The van der Waals surface area contributed by atoms with Gasteiger partial charge in [0.15, 0.2) is 0 Å². The standard InChI is InChI=1S/C18H20ClN3O6S/c1-17(2)11(13(24)25)22-14(26)18(15(22)29-17,16(27)28-3)21-12(23)10(20)8-4-6-9(19)7-5-8/h4-7,10-11,15H,20H2,1-3H3,(H,21,23)(H,24,25)/t10?,11-,15+,18?/m0/s1. The number of thioether (sulfide) groups is 1. The van der Waals surface area contributed by atoms with Crippen LogP contribution in [0.1, 0.15) is 25.5 Å². The summed E-state index contributed by atoms with van der Waals surface area (Å²) in [5.74, 6) is -3.78. The Labute approximate surface area is 175 Å². The van der Waals surface area contributed by atoms with Crippen LogP contribution >= 0.6 is 23.4 Å². The Morgan fingerprint density at radius 1 is 1.31 bits per heavy atom. The zero-order valence-electron chi connectivity index (χ0n) is 15.8. The van der Waals surface area contributed by atoms with Crippen molar-refractivity contribution >= 4 is 47.1 Å². The summed E-state index contributed by atoms with van der Waals surface area (Å²) in [4.78, 5) is 51.2. The molecule has 0 radical (unpaired) electrons. The highest BCUT2D eigenvalue weighted by Gasteiger charge is 2.76. The quantitative estimate of drug-likeness (QED) is 0.341. The molecular formula is C18H20ClN3O6S. The Kier molecular flexibility index (Phi) is 5.31. The predicted molar refractivity (Wildman–Crippen MR) is 105 cm³/mol. The lowest BCUT2D eigenvalue weighted by atomic mass is 9.84. The summed E-state index contributed by atoms with van der Waals surface area (Å²) in [7, 11) is 1.09. The second kappa shape index (κ2) is 7.19. The molecule has 0 aliphatic carbocycles. The smallest absolute Gasteiger partial charge is 0.344 e. The van der Waals surface area contributed by atoms with E-state index in [4.69, 9.17) is 22.1 Å². The highest BCUT2D eigenvalue weighted by Crippen LogP contribution is 2.55. The van der Waals surface area contributed by atoms with Crippen LogP contribution in [0.4, 0.5) is 0 Å². The SMILES string of the molecule is COC(=O)C1(NC(=O)C(N)c2ccc(Cl)cc2)C(=O)N2[C@@H](C(=O)O)C(C)(C)S[C@@H]21. The Balaban J connectivity index is 1.92. The topological polar surface area (TPSA) is 139 Å². The van der Waals surface area contributed by atoms with Gasteiger partial charge >= 0.3 is 11.9 Å². The number of rotatable bonds is 5. The number of esters is 1. The predicted octanol–water partition coefficient (Wildman–Crippen LogP) is 0.515. The number of carboxylic acid groups (broad SMARTS) is 1. The van der Waals surface area contributed by atoms with Crippen molar-refractivity contribution in [1.29, 1.82) is 0 Å². The van der Waals surface area contributed by atoms with Gasteiger partial charge in [-0.05, 0) is 31.5 Å². The lowest BCUT2D eigenvalue weighted by Crippen LogP contribution is -2.83. The fourth-order valence-electron chi connectivity index (χ4n) is 3.67. The van der Waals surface area contributed by atoms with Crippen LogP contribution in [-0.4, -0.2) is 62.6 Å². The summed E-state index contributed by atoms with van der Waals surface area (Å²) in [5, 5.41) is 11.5. The molecule has 2 fully saturated rings. The molecule has 2 unspecified atom stereocenters. The van der Waals surface area contributed by atoms with Crippen LogP contribution in [0, 0.1) is 0 Å². The molecule has 9 nitrogen and oxygen atoms in total. The number of nitrogens with two attached hydrogens (primary N) is 1. The van der Waals surface area contributed by atoms with Crippen molar-refractivity contribution < 1.29 is 29.0 Å². The van der Waals surface area contributed by atoms with E-state index in [9.17, 15) is 24.3 Å². The van der Waals surface area contributed by atoms with Crippen LogP contribution < -0.4 is 11.1 Å². The van der Waals surface area contributed by atoms with Crippen LogP contribution in [0.25, 0.3) is 0 Å². The van der Waals surface area contributed by atoms with Crippen molar-refractivity contribution in [2.24, 2.45) is 5.73 Å². The molecule has 0 bridgehead atoms. The minimum Gasteiger partial charge on any atom is -0.480 e. The zero-order chi connectivity index (χ0) is 21.7. The van der Waals surface area contributed by atoms with E-state index in [-0.39, 0.29) is 0 Å². The summed E-state index contributed by atoms with van der Waals surface area (Å²) >= 11 is 6.95. The summed E-state index contributed by atoms with van der Waals surface area (Å²) in [6.45, 7) is 3.32. The maximum Gasteiger partial charge on any atom is 0.344 e. The van der Waals surface area contributed by atoms with Crippen molar-refractivity contribution in [3.63, 3.8) is 0 Å². The third-order valence-corrected chi connectivity index (χ3v) is 7.01. The largest absolute Gasteiger partial charge is 0.480 e. The second-order valence-corrected chi connectivity index (χ2v) is 9.52. The number of ether oxygens (including phenoxy) is 1. The maximum atomic E-state index is 13.0. The second-order valence-electron chi connectivity index (χ2n) is 7.34. The van der Waals surface area contributed by atoms with Crippen LogP contribution in [0.2, 0.25) is 5.02 Å². The van der Waals surface area contributed by atoms with Gasteiger partial charge in [0, 0.05) is 9.77 Å². The van der Waals surface area contributed by atoms with Gasteiger partial charge in [-0.1, -0.05) is 23.7 Å². The normalized spacial score (nSPS) is 28.2. The minimum atomic E-state index is -2.04. The molecular weight excluding hydrogens is 422 g/mol. The van der Waals surface area contributed by atoms with Crippen LogP contribution in [0.5, 0.6) is 0 Å². The molecule has 2 aliphatic heterocycles. The van der Waals surface area contributed by atoms with Crippen molar-refractivity contribution in [3.8, 4) is 0 Å². The lowest BCUT2D eigenvalue weighted by Gasteiger charge is -2.50. The van der Waals surface area contributed by atoms with Gasteiger partial charge in [-0.15, -0.1) is 11.8 Å². The van der Waals surface area contributed by atoms with Crippen molar-refractivity contribution in [1.82, 2.24) is 10.2 Å². The van der Waals surface area contributed by atoms with Gasteiger partial charge in [-0.2, -0.15) is 0 Å². The average molecular weight is 442 g/mol. The van der Waals surface area contributed by atoms with E-state index in [2.05, 4.69) is 5.32 Å². The van der Waals surface area contributed by atoms with Gasteiger partial charge in [-0.3, -0.25) is 9.59 Å². The molecule has 1 aromatic carbocycles. The maximum absolute atomic E-state index is 13.0. The van der Waals surface area contributed by atoms with E-state index < -0.39 is 51.5 Å². The van der Waals surface area contributed by atoms with Gasteiger partial charge in [0.25, 0.3) is 5.91 Å². The number of halogens is 1. The number of methoxy groups -OCH3 is 1. The highest BCUT2D eigenvalue weighted by molar-refractivity contribution is 8.01. The van der Waals surface area contributed by atoms with E-state index in [1.54, 1.807) is 38.1 Å². The third kappa shape index (κ3) is 3.15. The summed E-state index contributed by atoms with van der Waals surface area (Å²) < 4.78 is 3.90. The Morgan fingerprint density at radius 3 is 2.41 bits per heavy atom. The summed E-state index contributed by atoms with van der Waals surface area (Å²) in [6, 6.07) is 3.90.